The third kappa shape index (κ3) is 5.45. The zero-order chi connectivity index (χ0) is 18.6. The van der Waals surface area contributed by atoms with Crippen molar-refractivity contribution in [2.75, 3.05) is 0 Å². The van der Waals surface area contributed by atoms with Crippen molar-refractivity contribution in [2.24, 2.45) is 0 Å². The first-order chi connectivity index (χ1) is 11.7. The van der Waals surface area contributed by atoms with Crippen LogP contribution < -0.4 is 5.32 Å². The van der Waals surface area contributed by atoms with Gasteiger partial charge in [-0.3, -0.25) is 14.3 Å². The summed E-state index contributed by atoms with van der Waals surface area (Å²) in [5.41, 5.74) is 3.00. The quantitative estimate of drug-likeness (QED) is 0.809. The number of benzene rings is 1. The molecule has 6 nitrogen and oxygen atoms in total. The van der Waals surface area contributed by atoms with Gasteiger partial charge in [-0.25, -0.2) is 0 Å². The highest BCUT2D eigenvalue weighted by Gasteiger charge is 2.22. The summed E-state index contributed by atoms with van der Waals surface area (Å²) in [4.78, 5) is 23.2. The van der Waals surface area contributed by atoms with Crippen molar-refractivity contribution < 1.29 is 14.7 Å². The van der Waals surface area contributed by atoms with Crippen molar-refractivity contribution in [1.82, 2.24) is 15.1 Å². The van der Waals surface area contributed by atoms with Crippen LogP contribution in [0.2, 0.25) is 0 Å². The number of carbonyl (C=O) groups is 2. The van der Waals surface area contributed by atoms with Crippen LogP contribution in [0.25, 0.3) is 0 Å². The molecule has 0 aliphatic heterocycles. The van der Waals surface area contributed by atoms with Crippen LogP contribution in [0, 0.1) is 13.8 Å². The van der Waals surface area contributed by atoms with Crippen LogP contribution in [0.15, 0.2) is 30.3 Å². The van der Waals surface area contributed by atoms with Gasteiger partial charge in [-0.15, -0.1) is 0 Å². The third-order valence-corrected chi connectivity index (χ3v) is 4.04. The summed E-state index contributed by atoms with van der Waals surface area (Å²) in [5.74, 6) is -1.07. The first-order valence-electron chi connectivity index (χ1n) is 8.30. The first kappa shape index (κ1) is 18.7. The van der Waals surface area contributed by atoms with E-state index in [1.807, 2.05) is 56.6 Å². The van der Waals surface area contributed by atoms with Crippen LogP contribution >= 0.6 is 0 Å². The molecule has 0 atom stereocenters. The van der Waals surface area contributed by atoms with Crippen molar-refractivity contribution >= 4 is 11.9 Å². The van der Waals surface area contributed by atoms with E-state index in [4.69, 9.17) is 5.11 Å². The van der Waals surface area contributed by atoms with Crippen LogP contribution in [-0.2, 0) is 11.3 Å². The average molecular weight is 343 g/mol. The Kier molecular flexibility index (Phi) is 5.62. The average Bonchev–Trinajstić information content (AvgIpc) is 2.83. The molecule has 1 aromatic carbocycles. The lowest BCUT2D eigenvalue weighted by atomic mass is 9.97. The summed E-state index contributed by atoms with van der Waals surface area (Å²) in [6, 6.07) is 9.43. The number of carboxylic acids is 1. The molecule has 0 saturated heterocycles. The van der Waals surface area contributed by atoms with Crippen LogP contribution in [0.4, 0.5) is 0 Å². The number of aromatic nitrogens is 2. The zero-order valence-corrected chi connectivity index (χ0v) is 15.2. The Morgan fingerprint density at radius 1 is 1.24 bits per heavy atom. The molecule has 0 fully saturated rings. The van der Waals surface area contributed by atoms with Gasteiger partial charge in [-0.2, -0.15) is 5.10 Å². The predicted molar refractivity (Wildman–Crippen MR) is 95.7 cm³/mol. The van der Waals surface area contributed by atoms with E-state index in [9.17, 15) is 9.59 Å². The van der Waals surface area contributed by atoms with Crippen molar-refractivity contribution in [3.05, 3.63) is 52.8 Å². The monoisotopic (exact) mass is 343 g/mol. The highest BCUT2D eigenvalue weighted by molar-refractivity contribution is 5.94. The number of carbonyl (C=O) groups excluding carboxylic acids is 1. The Morgan fingerprint density at radius 2 is 1.96 bits per heavy atom. The summed E-state index contributed by atoms with van der Waals surface area (Å²) in [7, 11) is 0. The second-order valence-corrected chi connectivity index (χ2v) is 7.02. The Balaban J connectivity index is 2.08. The Bertz CT molecular complexity index is 778. The van der Waals surface area contributed by atoms with Crippen LogP contribution in [0.5, 0.6) is 0 Å². The van der Waals surface area contributed by atoms with Gasteiger partial charge in [0.15, 0.2) is 0 Å². The zero-order valence-electron chi connectivity index (χ0n) is 15.2. The van der Waals surface area contributed by atoms with Crippen LogP contribution in [-0.4, -0.2) is 32.3 Å². The molecule has 6 heteroatoms. The Morgan fingerprint density at radius 3 is 2.56 bits per heavy atom. The van der Waals surface area contributed by atoms with Crippen LogP contribution in [0.1, 0.15) is 54.0 Å². The summed E-state index contributed by atoms with van der Waals surface area (Å²) < 4.78 is 1.91. The lowest BCUT2D eigenvalue weighted by Crippen LogP contribution is -2.43. The van der Waals surface area contributed by atoms with E-state index in [0.29, 0.717) is 18.5 Å². The number of aliphatic carboxylic acids is 1. The van der Waals surface area contributed by atoms with Gasteiger partial charge < -0.3 is 10.4 Å². The summed E-state index contributed by atoms with van der Waals surface area (Å²) in [5, 5.41) is 16.2. The minimum absolute atomic E-state index is 0.0191. The second kappa shape index (κ2) is 7.51. The smallest absolute Gasteiger partial charge is 0.303 e. The Labute approximate surface area is 147 Å². The van der Waals surface area contributed by atoms with E-state index < -0.39 is 11.5 Å². The number of hydrogen-bond donors (Lipinski definition) is 2. The molecule has 0 radical (unpaired) electrons. The van der Waals surface area contributed by atoms with Crippen molar-refractivity contribution in [3.63, 3.8) is 0 Å². The van der Waals surface area contributed by atoms with Gasteiger partial charge in [-0.05, 0) is 57.9 Å². The molecule has 2 N–H and O–H groups in total. The number of rotatable bonds is 7. The Hall–Kier alpha value is -2.63. The largest absolute Gasteiger partial charge is 0.481 e. The molecule has 1 heterocycles. The standard InChI is InChI=1S/C19H25N3O3/c1-13-10-14(2)22(21-13)12-15-6-5-7-16(11-15)18(25)20-19(3,4)9-8-17(23)24/h5-7,10-11H,8-9,12H2,1-4H3,(H,20,25)(H,23,24). The van der Waals surface area contributed by atoms with Gasteiger partial charge in [0.05, 0.1) is 12.2 Å². The highest BCUT2D eigenvalue weighted by Crippen LogP contribution is 2.14. The lowest BCUT2D eigenvalue weighted by molar-refractivity contribution is -0.137. The van der Waals surface area contributed by atoms with Crippen molar-refractivity contribution in [1.29, 1.82) is 0 Å². The van der Waals surface area contributed by atoms with E-state index >= 15 is 0 Å². The topological polar surface area (TPSA) is 84.2 Å². The number of carboxylic acid groups (broad SMARTS) is 1. The molecule has 1 amide bonds. The van der Waals surface area contributed by atoms with Crippen LogP contribution in [0.3, 0.4) is 0 Å². The summed E-state index contributed by atoms with van der Waals surface area (Å²) in [6.07, 6.45) is 0.394. The molecule has 134 valence electrons. The fraction of sp³-hybridized carbons (Fsp3) is 0.421. The van der Waals surface area contributed by atoms with E-state index in [2.05, 4.69) is 10.4 Å². The molecular weight excluding hydrogens is 318 g/mol. The molecular formula is C19H25N3O3. The van der Waals surface area contributed by atoms with Gasteiger partial charge in [0.25, 0.3) is 5.91 Å². The molecule has 0 aliphatic rings. The van der Waals surface area contributed by atoms with E-state index in [-0.39, 0.29) is 12.3 Å². The SMILES string of the molecule is Cc1cc(C)n(Cc2cccc(C(=O)NC(C)(C)CCC(=O)O)c2)n1. The number of hydrogen-bond acceptors (Lipinski definition) is 3. The predicted octanol–water partition coefficient (Wildman–Crippen LogP) is 2.92. The van der Waals surface area contributed by atoms with Gasteiger partial charge in [-0.1, -0.05) is 12.1 Å². The third-order valence-electron chi connectivity index (χ3n) is 4.04. The number of nitrogens with zero attached hydrogens (tertiary/aromatic N) is 2. The molecule has 0 spiro atoms. The maximum absolute atomic E-state index is 12.5. The van der Waals surface area contributed by atoms with E-state index in [0.717, 1.165) is 17.0 Å². The number of aryl methyl sites for hydroxylation is 2. The van der Waals surface area contributed by atoms with Crippen molar-refractivity contribution in [3.8, 4) is 0 Å². The molecule has 2 rings (SSSR count). The molecule has 25 heavy (non-hydrogen) atoms. The summed E-state index contributed by atoms with van der Waals surface area (Å²) >= 11 is 0. The second-order valence-electron chi connectivity index (χ2n) is 7.02. The minimum atomic E-state index is -0.866. The van der Waals surface area contributed by atoms with Gasteiger partial charge in [0.1, 0.15) is 0 Å². The number of amides is 1. The molecule has 2 aromatic rings. The molecule has 0 unspecified atom stereocenters. The van der Waals surface area contributed by atoms with Gasteiger partial charge >= 0.3 is 5.97 Å². The fourth-order valence-electron chi connectivity index (χ4n) is 2.68. The molecule has 0 bridgehead atoms. The lowest BCUT2D eigenvalue weighted by Gasteiger charge is -2.25. The maximum atomic E-state index is 12.5. The first-order valence-corrected chi connectivity index (χ1v) is 8.30. The minimum Gasteiger partial charge on any atom is -0.481 e. The van der Waals surface area contributed by atoms with E-state index in [1.54, 1.807) is 6.07 Å². The molecule has 1 aromatic heterocycles. The molecule has 0 saturated carbocycles. The fourth-order valence-corrected chi connectivity index (χ4v) is 2.68. The van der Waals surface area contributed by atoms with E-state index in [1.165, 1.54) is 0 Å². The number of nitrogens with one attached hydrogen (secondary N) is 1. The maximum Gasteiger partial charge on any atom is 0.303 e. The van der Waals surface area contributed by atoms with Gasteiger partial charge in [0, 0.05) is 23.2 Å². The summed E-state index contributed by atoms with van der Waals surface area (Å²) in [6.45, 7) is 8.21. The van der Waals surface area contributed by atoms with Crippen molar-refractivity contribution in [2.45, 2.75) is 52.6 Å². The van der Waals surface area contributed by atoms with Gasteiger partial charge in [0.2, 0.25) is 0 Å². The highest BCUT2D eigenvalue weighted by atomic mass is 16.4. The molecule has 0 aliphatic carbocycles. The normalized spacial score (nSPS) is 11.4.